The van der Waals surface area contributed by atoms with Crippen LogP contribution in [0.4, 0.5) is 22.7 Å². The molecule has 4 aliphatic carbocycles. The van der Waals surface area contributed by atoms with Crippen molar-refractivity contribution in [3.63, 3.8) is 0 Å². The number of nitro benzene ring substituents is 1. The first-order valence-corrected chi connectivity index (χ1v) is 42.9. The van der Waals surface area contributed by atoms with Crippen LogP contribution in [0.3, 0.4) is 0 Å². The molecule has 7 amide bonds. The van der Waals surface area contributed by atoms with Gasteiger partial charge in [0.25, 0.3) is 23.4 Å². The molecule has 662 valence electrons. The third-order valence-electron chi connectivity index (χ3n) is 23.5. The first-order chi connectivity index (χ1) is 62.9. The number of non-ortho nitro benzene ring substituents is 1. The monoisotopic (exact) mass is 1790 g/mol. The molecule has 3 saturated heterocycles. The molecular formula is C102H90Cl2N12O15. The minimum Gasteiger partial charge on any atom is -0.463 e. The molecule has 3 aliphatic heterocycles. The number of imide groups is 2. The molecule has 7 atom stereocenters. The Morgan fingerprint density at radius 1 is 0.519 bits per heavy atom. The summed E-state index contributed by atoms with van der Waals surface area (Å²) in [6.07, 6.45) is 8.90. The van der Waals surface area contributed by atoms with Crippen LogP contribution < -0.4 is 31.4 Å². The van der Waals surface area contributed by atoms with Crippen LogP contribution in [0.25, 0.3) is 0 Å². The second kappa shape index (κ2) is 38.4. The Morgan fingerprint density at radius 3 is 1.53 bits per heavy atom. The molecule has 13 aromatic rings. The second-order valence-corrected chi connectivity index (χ2v) is 34.8. The smallest absolute Gasteiger partial charge is 0.291 e. The number of hydrazone groups is 3. The van der Waals surface area contributed by atoms with Gasteiger partial charge in [0.1, 0.15) is 23.0 Å². The van der Waals surface area contributed by atoms with E-state index in [0.29, 0.717) is 61.2 Å². The van der Waals surface area contributed by atoms with E-state index in [-0.39, 0.29) is 68.7 Å². The lowest BCUT2D eigenvalue weighted by molar-refractivity contribution is -0.384. The fourth-order valence-electron chi connectivity index (χ4n) is 16.9. The Balaban J connectivity index is 0.000000129. The number of halogens is 2. The number of hydrogen-bond acceptors (Lipinski definition) is 20. The van der Waals surface area contributed by atoms with E-state index in [1.165, 1.54) is 86.8 Å². The van der Waals surface area contributed by atoms with Crippen LogP contribution in [0.1, 0.15) is 193 Å². The summed E-state index contributed by atoms with van der Waals surface area (Å²) in [5.41, 5.74) is 19.1. The number of nitro groups is 1. The number of carbonyl (C=O) groups excluding carboxylic acids is 9. The van der Waals surface area contributed by atoms with Gasteiger partial charge in [0.15, 0.2) is 5.69 Å². The highest BCUT2D eigenvalue weighted by Gasteiger charge is 2.75. The molecule has 27 nitrogen and oxygen atoms in total. The Labute approximate surface area is 763 Å². The minimum absolute atomic E-state index is 0.00757. The molecule has 131 heavy (non-hydrogen) atoms. The number of nitrogens with one attached hydrogen (secondary N) is 4. The van der Waals surface area contributed by atoms with Crippen LogP contribution >= 0.6 is 23.2 Å². The molecule has 20 rings (SSSR count). The summed E-state index contributed by atoms with van der Waals surface area (Å²) in [4.78, 5) is 131. The predicted octanol–water partition coefficient (Wildman–Crippen LogP) is 18.7. The maximum atomic E-state index is 14.0. The molecule has 7 aliphatic rings. The van der Waals surface area contributed by atoms with Gasteiger partial charge in [-0.3, -0.25) is 57.9 Å². The van der Waals surface area contributed by atoms with E-state index in [1.807, 2.05) is 49.4 Å². The molecule has 4 N–H and O–H groups in total. The predicted molar refractivity (Wildman–Crippen MR) is 496 cm³/mol. The number of carbonyl (C=O) groups is 9. The molecule has 2 bridgehead atoms. The highest BCUT2D eigenvalue weighted by molar-refractivity contribution is 6.37. The topological polar surface area (TPSA) is 355 Å². The van der Waals surface area contributed by atoms with Crippen molar-refractivity contribution in [2.45, 2.75) is 103 Å². The summed E-state index contributed by atoms with van der Waals surface area (Å²) in [5.74, 6) is -5.29. The van der Waals surface area contributed by atoms with Gasteiger partial charge < -0.3 is 23.3 Å². The quantitative estimate of drug-likeness (QED) is 0.0216. The molecule has 1 spiro atoms. The number of ether oxygens (including phenoxy) is 1. The Bertz CT molecular complexity index is 6470. The number of ketones is 2. The average Bonchev–Trinajstić information content (AvgIpc) is 1.47. The number of furan rings is 3. The van der Waals surface area contributed by atoms with Gasteiger partial charge in [-0.15, -0.1) is 0 Å². The van der Waals surface area contributed by atoms with Crippen LogP contribution in [0.5, 0.6) is 0 Å². The number of rotatable bonds is 17. The lowest BCUT2D eigenvalue weighted by Crippen LogP contribution is -2.51. The summed E-state index contributed by atoms with van der Waals surface area (Å²) in [6.45, 7) is 17.8. The number of hydrogen-bond donors (Lipinski definition) is 4. The zero-order valence-corrected chi connectivity index (χ0v) is 74.1. The van der Waals surface area contributed by atoms with E-state index >= 15 is 0 Å². The van der Waals surface area contributed by atoms with Crippen molar-refractivity contribution in [1.82, 2.24) is 26.1 Å². The zero-order chi connectivity index (χ0) is 92.7. The number of nitrogens with zero attached hydrogens (tertiary/aromatic N) is 8. The van der Waals surface area contributed by atoms with Gasteiger partial charge in [-0.25, -0.2) is 26.1 Å². The molecule has 29 heteroatoms. The Morgan fingerprint density at radius 2 is 1.04 bits per heavy atom. The number of aryl methyl sites for hydroxylation is 2. The van der Waals surface area contributed by atoms with Crippen LogP contribution in [0.2, 0.25) is 10.0 Å². The third kappa shape index (κ3) is 19.1. The first kappa shape index (κ1) is 90.6. The summed E-state index contributed by atoms with van der Waals surface area (Å²) < 4.78 is 23.0. The van der Waals surface area contributed by atoms with Crippen LogP contribution in [-0.4, -0.2) is 91.4 Å². The zero-order valence-electron chi connectivity index (χ0n) is 72.6. The standard InChI is InChI=1S/C32H32ClNO2.C28H20ClNO5.C19H17N3O2.C12H9N3O4.C11H12N4O2/c1-31(2,3)17-10-12-21-23(14-17)25-22-13-11-18(32(4,5)6)15-24(22)26(21)28-27(25)29(35)34(30(28)36)20-9-7-8-19(33)16-20;1-2-15-10-12-18(13-11-15)30-26(33)21-22(27(30)34)28(35-23(21)16-6-5-7-17(29)14-16)24(31)19-8-3-4-9-20(19)25(28)32;23-19(22-21-14-18-7-4-12-24-18)16-8-10-17(11-9-16)20-13-15-5-2-1-3-6-15;16-12(14-13-8-11-2-1-7-19-11)9-3-5-10(6-4-9)15(17)18;1-8(10-4-3-7-17-10)12-13-11(16)9-5-6-15(2)14-9/h7-16,25-28H,1-6H3;3-14,21-23H,2H2,1H3;1-12,14,20H,13H2,(H,22,23);1-8H,(H,14,16);3-7H,1-2H3,(H,13,16)/b;;21-14+;13-8+;12-8+. The SMILES string of the molecule is C/C(=N\NC(=O)c1ccn(C)n1)c1ccco1.CC(C)(C)c1ccc2c(c1)C1c3ccc(C(C)(C)C)cc3C2C2C(=O)N(c3cccc(Cl)c3)C(=O)C12.CCc1ccc(N2C(=O)C3C(c4cccc(Cl)c4)OC4(C(=O)c5ccccc5C4=O)C3C2=O)cc1.O=C(N/N=C/c1ccco1)c1ccc(NCc2ccccc2)cc1.O=C(N/N=C/c1ccco1)c1ccc([N+](=O)[O-])cc1. The van der Waals surface area contributed by atoms with E-state index in [4.69, 9.17) is 41.2 Å². The third-order valence-corrected chi connectivity index (χ3v) is 24.0. The molecule has 9 aromatic carbocycles. The van der Waals surface area contributed by atoms with Crippen molar-refractivity contribution < 1.29 is 66.1 Å². The number of Topliss-reactive ketones (excluding diaryl/α,β-unsaturated/α-hetero) is 2. The van der Waals surface area contributed by atoms with Crippen molar-refractivity contribution in [1.29, 1.82) is 0 Å². The van der Waals surface area contributed by atoms with Gasteiger partial charge in [0.2, 0.25) is 40.8 Å². The van der Waals surface area contributed by atoms with Crippen LogP contribution in [-0.2, 0) is 54.8 Å². The largest absolute Gasteiger partial charge is 0.463 e. The summed E-state index contributed by atoms with van der Waals surface area (Å²) in [5, 5.41) is 30.1. The normalized spacial score (nSPS) is 18.3. The second-order valence-electron chi connectivity index (χ2n) is 33.9. The molecule has 4 aromatic heterocycles. The van der Waals surface area contributed by atoms with Gasteiger partial charge in [0, 0.05) is 81.7 Å². The summed E-state index contributed by atoms with van der Waals surface area (Å²) >= 11 is 12.5. The lowest BCUT2D eigenvalue weighted by Gasteiger charge is -2.47. The van der Waals surface area contributed by atoms with E-state index in [1.54, 1.807) is 177 Å². The van der Waals surface area contributed by atoms with Gasteiger partial charge in [-0.05, 0) is 196 Å². The summed E-state index contributed by atoms with van der Waals surface area (Å²) in [7, 11) is 1.74. The van der Waals surface area contributed by atoms with Gasteiger partial charge in [-0.1, -0.05) is 193 Å². The Hall–Kier alpha value is -15.2. The van der Waals surface area contributed by atoms with Crippen molar-refractivity contribution in [2.75, 3.05) is 15.1 Å². The summed E-state index contributed by atoms with van der Waals surface area (Å²) in [6, 6.07) is 75.4. The molecule has 3 fully saturated rings. The molecule has 7 unspecified atom stereocenters. The number of amides is 7. The van der Waals surface area contributed by atoms with Crippen LogP contribution in [0.15, 0.2) is 308 Å². The highest BCUT2D eigenvalue weighted by Crippen LogP contribution is 2.63. The van der Waals surface area contributed by atoms with Gasteiger partial charge >= 0.3 is 0 Å². The highest BCUT2D eigenvalue weighted by atomic mass is 35.5. The van der Waals surface area contributed by atoms with E-state index < -0.39 is 69.6 Å². The fourth-order valence-corrected chi connectivity index (χ4v) is 17.3. The van der Waals surface area contributed by atoms with E-state index in [2.05, 4.69) is 132 Å². The molecule has 0 radical (unpaired) electrons. The maximum Gasteiger partial charge on any atom is 0.291 e. The van der Waals surface area contributed by atoms with Crippen LogP contribution in [0, 0.1) is 33.8 Å². The van der Waals surface area contributed by atoms with E-state index in [0.717, 1.165) is 29.1 Å². The van der Waals surface area contributed by atoms with E-state index in [9.17, 15) is 53.3 Å². The molecule has 7 heterocycles. The average molecular weight is 1790 g/mol. The van der Waals surface area contributed by atoms with Gasteiger partial charge in [0.05, 0.1) is 77.3 Å². The molecule has 0 saturated carbocycles. The minimum atomic E-state index is -2.09. The van der Waals surface area contributed by atoms with Crippen molar-refractivity contribution in [2.24, 2.45) is 46.0 Å². The lowest BCUT2D eigenvalue weighted by atomic mass is 9.54. The number of benzene rings is 9. The van der Waals surface area contributed by atoms with Crippen molar-refractivity contribution in [3.8, 4) is 0 Å². The number of fused-ring (bicyclic) bond motifs is 3. The molecular weight excluding hydrogens is 1700 g/mol. The van der Waals surface area contributed by atoms with Crippen molar-refractivity contribution >= 4 is 117 Å². The Kier molecular flexibility index (Phi) is 26.5. The van der Waals surface area contributed by atoms with Gasteiger partial charge in [-0.2, -0.15) is 20.4 Å². The van der Waals surface area contributed by atoms with Crippen molar-refractivity contribution in [3.05, 3.63) is 395 Å². The maximum absolute atomic E-state index is 14.0. The number of anilines is 3. The first-order valence-electron chi connectivity index (χ1n) is 42.2. The fraction of sp³-hybridized carbons (Fsp3) is 0.206. The number of aromatic nitrogens is 2.